The summed E-state index contributed by atoms with van der Waals surface area (Å²) in [7, 11) is 1.63. The fourth-order valence-electron chi connectivity index (χ4n) is 2.53. The monoisotopic (exact) mass is 378 g/mol. The predicted octanol–water partition coefficient (Wildman–Crippen LogP) is 3.75. The number of benzene rings is 2. The number of nitrogens with one attached hydrogen (secondary N) is 2. The summed E-state index contributed by atoms with van der Waals surface area (Å²) >= 11 is 0. The van der Waals surface area contributed by atoms with Crippen LogP contribution in [-0.4, -0.2) is 29.6 Å². The minimum Gasteiger partial charge on any atom is -0.497 e. The first-order valence-corrected chi connectivity index (χ1v) is 8.92. The lowest BCUT2D eigenvalue weighted by molar-refractivity contribution is 0.102. The lowest BCUT2D eigenvalue weighted by Crippen LogP contribution is -2.16. The van der Waals surface area contributed by atoms with Crippen molar-refractivity contribution in [2.75, 3.05) is 24.4 Å². The van der Waals surface area contributed by atoms with Crippen molar-refractivity contribution < 1.29 is 14.3 Å². The van der Waals surface area contributed by atoms with Gasteiger partial charge in [-0.05, 0) is 42.8 Å². The van der Waals surface area contributed by atoms with Crippen LogP contribution in [0.15, 0.2) is 60.8 Å². The van der Waals surface area contributed by atoms with Gasteiger partial charge in [0.1, 0.15) is 17.2 Å². The molecule has 2 N–H and O–H groups in total. The van der Waals surface area contributed by atoms with Crippen LogP contribution < -0.4 is 20.1 Å². The average molecular weight is 378 g/mol. The van der Waals surface area contributed by atoms with E-state index in [1.807, 2.05) is 43.3 Å². The highest BCUT2D eigenvalue weighted by atomic mass is 16.5. The molecule has 2 aromatic carbocycles. The van der Waals surface area contributed by atoms with Crippen LogP contribution in [0, 0.1) is 0 Å². The number of rotatable bonds is 8. The summed E-state index contributed by atoms with van der Waals surface area (Å²) in [4.78, 5) is 21.0. The third-order valence-electron chi connectivity index (χ3n) is 3.93. The van der Waals surface area contributed by atoms with Gasteiger partial charge in [-0.2, -0.15) is 0 Å². The molecule has 144 valence electrons. The molecule has 0 radical (unpaired) electrons. The highest BCUT2D eigenvalue weighted by Gasteiger charge is 2.12. The van der Waals surface area contributed by atoms with Gasteiger partial charge >= 0.3 is 0 Å². The molecule has 0 aliphatic heterocycles. The summed E-state index contributed by atoms with van der Waals surface area (Å²) in [5, 5.41) is 5.95. The number of carbonyl (C=O) groups is 1. The van der Waals surface area contributed by atoms with Gasteiger partial charge in [-0.15, -0.1) is 0 Å². The van der Waals surface area contributed by atoms with Gasteiger partial charge in [0.05, 0.1) is 19.4 Å². The number of methoxy groups -OCH3 is 1. The Balaban J connectivity index is 1.66. The summed E-state index contributed by atoms with van der Waals surface area (Å²) < 4.78 is 10.7. The van der Waals surface area contributed by atoms with E-state index in [-0.39, 0.29) is 11.6 Å². The molecule has 0 bridgehead atoms. The van der Waals surface area contributed by atoms with Crippen molar-refractivity contribution in [3.05, 3.63) is 72.1 Å². The number of hydrogen-bond donors (Lipinski definition) is 2. The molecule has 1 heterocycles. The SMILES string of the molecule is CCOc1ccccc1NC(=O)c1ccnc(NCc2ccc(OC)cc2)n1. The Labute approximate surface area is 163 Å². The van der Waals surface area contributed by atoms with E-state index in [2.05, 4.69) is 20.6 Å². The highest BCUT2D eigenvalue weighted by molar-refractivity contribution is 6.03. The van der Waals surface area contributed by atoms with E-state index in [0.29, 0.717) is 30.5 Å². The van der Waals surface area contributed by atoms with Crippen molar-refractivity contribution in [3.63, 3.8) is 0 Å². The zero-order chi connectivity index (χ0) is 19.8. The molecule has 7 nitrogen and oxygen atoms in total. The number of nitrogens with zero attached hydrogens (tertiary/aromatic N) is 2. The molecule has 3 aromatic rings. The highest BCUT2D eigenvalue weighted by Crippen LogP contribution is 2.24. The summed E-state index contributed by atoms with van der Waals surface area (Å²) in [6, 6.07) is 16.5. The molecule has 1 aromatic heterocycles. The van der Waals surface area contributed by atoms with E-state index in [4.69, 9.17) is 9.47 Å². The maximum Gasteiger partial charge on any atom is 0.274 e. The van der Waals surface area contributed by atoms with Crippen LogP contribution >= 0.6 is 0 Å². The third-order valence-corrected chi connectivity index (χ3v) is 3.93. The van der Waals surface area contributed by atoms with Gasteiger partial charge < -0.3 is 20.1 Å². The molecule has 28 heavy (non-hydrogen) atoms. The van der Waals surface area contributed by atoms with Crippen molar-refractivity contribution in [1.29, 1.82) is 0 Å². The first-order valence-electron chi connectivity index (χ1n) is 8.92. The van der Waals surface area contributed by atoms with Gasteiger partial charge in [0.15, 0.2) is 0 Å². The van der Waals surface area contributed by atoms with Crippen molar-refractivity contribution in [2.45, 2.75) is 13.5 Å². The molecule has 0 aliphatic rings. The molecule has 0 unspecified atom stereocenters. The molecule has 0 spiro atoms. The molecule has 3 rings (SSSR count). The van der Waals surface area contributed by atoms with Crippen LogP contribution in [0.1, 0.15) is 23.0 Å². The number of hydrogen-bond acceptors (Lipinski definition) is 6. The predicted molar refractivity (Wildman–Crippen MR) is 108 cm³/mol. The average Bonchev–Trinajstić information content (AvgIpc) is 2.74. The van der Waals surface area contributed by atoms with Crippen LogP contribution in [-0.2, 0) is 6.54 Å². The molecule has 7 heteroatoms. The second-order valence-electron chi connectivity index (χ2n) is 5.85. The second kappa shape index (κ2) is 9.36. The summed E-state index contributed by atoms with van der Waals surface area (Å²) in [5.74, 6) is 1.46. The number of ether oxygens (including phenoxy) is 2. The largest absolute Gasteiger partial charge is 0.497 e. The Hall–Kier alpha value is -3.61. The molecule has 0 atom stereocenters. The van der Waals surface area contributed by atoms with Crippen molar-refractivity contribution >= 4 is 17.5 Å². The van der Waals surface area contributed by atoms with Crippen LogP contribution in [0.4, 0.5) is 11.6 Å². The maximum atomic E-state index is 12.6. The summed E-state index contributed by atoms with van der Waals surface area (Å²) in [5.41, 5.74) is 1.91. The van der Waals surface area contributed by atoms with Gasteiger partial charge in [-0.3, -0.25) is 4.79 Å². The normalized spacial score (nSPS) is 10.2. The van der Waals surface area contributed by atoms with E-state index in [1.54, 1.807) is 31.5 Å². The minimum atomic E-state index is -0.331. The Kier molecular flexibility index (Phi) is 6.41. The van der Waals surface area contributed by atoms with Gasteiger partial charge in [-0.1, -0.05) is 24.3 Å². The third kappa shape index (κ3) is 4.97. The van der Waals surface area contributed by atoms with E-state index < -0.39 is 0 Å². The molecular weight excluding hydrogens is 356 g/mol. The molecular formula is C21H22N4O3. The Morgan fingerprint density at radius 2 is 1.86 bits per heavy atom. The number of carbonyl (C=O) groups excluding carboxylic acids is 1. The van der Waals surface area contributed by atoms with Crippen LogP contribution in [0.2, 0.25) is 0 Å². The van der Waals surface area contributed by atoms with E-state index in [9.17, 15) is 4.79 Å². The topological polar surface area (TPSA) is 85.4 Å². The molecule has 1 amide bonds. The smallest absolute Gasteiger partial charge is 0.274 e. The molecule has 0 fully saturated rings. The Morgan fingerprint density at radius 1 is 1.07 bits per heavy atom. The molecule has 0 aliphatic carbocycles. The van der Waals surface area contributed by atoms with Gasteiger partial charge in [0.25, 0.3) is 5.91 Å². The summed E-state index contributed by atoms with van der Waals surface area (Å²) in [6.07, 6.45) is 1.55. The maximum absolute atomic E-state index is 12.6. The van der Waals surface area contributed by atoms with Gasteiger partial charge in [0.2, 0.25) is 5.95 Å². The standard InChI is InChI=1S/C21H22N4O3/c1-3-28-19-7-5-4-6-17(19)24-20(26)18-12-13-22-21(25-18)23-14-15-8-10-16(27-2)11-9-15/h4-13H,3,14H2,1-2H3,(H,24,26)(H,22,23,25). The Morgan fingerprint density at radius 3 is 2.61 bits per heavy atom. The summed E-state index contributed by atoms with van der Waals surface area (Å²) in [6.45, 7) is 2.94. The van der Waals surface area contributed by atoms with E-state index in [1.165, 1.54) is 0 Å². The number of amides is 1. The Bertz CT molecular complexity index is 929. The van der Waals surface area contributed by atoms with Gasteiger partial charge in [0, 0.05) is 12.7 Å². The van der Waals surface area contributed by atoms with Crippen LogP contribution in [0.3, 0.4) is 0 Å². The quantitative estimate of drug-likeness (QED) is 0.621. The zero-order valence-electron chi connectivity index (χ0n) is 15.8. The fourth-order valence-corrected chi connectivity index (χ4v) is 2.53. The first kappa shape index (κ1) is 19.2. The first-order chi connectivity index (χ1) is 13.7. The van der Waals surface area contributed by atoms with E-state index in [0.717, 1.165) is 11.3 Å². The lowest BCUT2D eigenvalue weighted by atomic mass is 10.2. The molecule has 0 saturated carbocycles. The molecule has 0 saturated heterocycles. The lowest BCUT2D eigenvalue weighted by Gasteiger charge is -2.11. The van der Waals surface area contributed by atoms with Crippen LogP contribution in [0.25, 0.3) is 0 Å². The second-order valence-corrected chi connectivity index (χ2v) is 5.85. The number of anilines is 2. The number of para-hydroxylation sites is 2. The van der Waals surface area contributed by atoms with E-state index >= 15 is 0 Å². The van der Waals surface area contributed by atoms with Crippen molar-refractivity contribution in [3.8, 4) is 11.5 Å². The van der Waals surface area contributed by atoms with Crippen LogP contribution in [0.5, 0.6) is 11.5 Å². The van der Waals surface area contributed by atoms with Crippen molar-refractivity contribution in [2.24, 2.45) is 0 Å². The van der Waals surface area contributed by atoms with Gasteiger partial charge in [-0.25, -0.2) is 9.97 Å². The van der Waals surface area contributed by atoms with Crippen molar-refractivity contribution in [1.82, 2.24) is 9.97 Å². The fraction of sp³-hybridized carbons (Fsp3) is 0.190. The minimum absolute atomic E-state index is 0.263. The number of aromatic nitrogens is 2. The zero-order valence-corrected chi connectivity index (χ0v) is 15.8.